The smallest absolute Gasteiger partial charge is 0.227 e. The molecule has 0 radical (unpaired) electrons. The van der Waals surface area contributed by atoms with Crippen molar-refractivity contribution in [2.24, 2.45) is 5.41 Å². The maximum atomic E-state index is 11.7. The highest BCUT2D eigenvalue weighted by atomic mass is 16.2. The molecule has 1 heterocycles. The van der Waals surface area contributed by atoms with Crippen LogP contribution in [-0.2, 0) is 11.2 Å². The highest BCUT2D eigenvalue weighted by molar-refractivity contribution is 5.96. The number of carbonyl (C=O) groups excluding carboxylic acids is 1. The van der Waals surface area contributed by atoms with Gasteiger partial charge in [-0.3, -0.25) is 4.79 Å². The van der Waals surface area contributed by atoms with Crippen LogP contribution in [0.5, 0.6) is 0 Å². The first-order chi connectivity index (χ1) is 9.63. The van der Waals surface area contributed by atoms with Crippen molar-refractivity contribution in [2.75, 3.05) is 23.8 Å². The number of carbonyl (C=O) groups is 1. The molecule has 2 aliphatic rings. The topological polar surface area (TPSA) is 56.1 Å². The molecule has 1 N–H and O–H groups in total. The van der Waals surface area contributed by atoms with Crippen molar-refractivity contribution in [3.05, 3.63) is 23.8 Å². The second kappa shape index (κ2) is 4.82. The Morgan fingerprint density at radius 3 is 2.85 bits per heavy atom. The average Bonchev–Trinajstić information content (AvgIpc) is 2.42. The first-order valence-electron chi connectivity index (χ1n) is 7.18. The molecular formula is C16H19N3O. The monoisotopic (exact) mass is 269 g/mol. The van der Waals surface area contributed by atoms with Crippen LogP contribution < -0.4 is 10.2 Å². The lowest BCUT2D eigenvalue weighted by atomic mass is 9.70. The fourth-order valence-corrected chi connectivity index (χ4v) is 2.97. The van der Waals surface area contributed by atoms with Crippen LogP contribution in [0.15, 0.2) is 18.2 Å². The molecule has 0 saturated heterocycles. The van der Waals surface area contributed by atoms with Crippen LogP contribution in [-0.4, -0.2) is 19.5 Å². The molecule has 0 unspecified atom stereocenters. The zero-order valence-corrected chi connectivity index (χ0v) is 11.8. The summed E-state index contributed by atoms with van der Waals surface area (Å²) in [5, 5.41) is 12.6. The third-order valence-electron chi connectivity index (χ3n) is 4.60. The van der Waals surface area contributed by atoms with Gasteiger partial charge in [-0.15, -0.1) is 0 Å². The van der Waals surface area contributed by atoms with Gasteiger partial charge in [0.15, 0.2) is 0 Å². The maximum absolute atomic E-state index is 11.7. The van der Waals surface area contributed by atoms with E-state index in [-0.39, 0.29) is 11.3 Å². The highest BCUT2D eigenvalue weighted by Gasteiger charge is 2.36. The van der Waals surface area contributed by atoms with Crippen molar-refractivity contribution in [1.82, 2.24) is 0 Å². The Hall–Kier alpha value is -2.02. The summed E-state index contributed by atoms with van der Waals surface area (Å²) in [6.07, 6.45) is 4.54. The van der Waals surface area contributed by atoms with Gasteiger partial charge in [0.25, 0.3) is 0 Å². The predicted molar refractivity (Wildman–Crippen MR) is 78.6 cm³/mol. The van der Waals surface area contributed by atoms with Crippen molar-refractivity contribution in [1.29, 1.82) is 5.26 Å². The number of nitrogens with one attached hydrogen (secondary N) is 1. The summed E-state index contributed by atoms with van der Waals surface area (Å²) in [7, 11) is 1.83. The number of amides is 1. The van der Waals surface area contributed by atoms with Gasteiger partial charge < -0.3 is 10.2 Å². The van der Waals surface area contributed by atoms with Crippen LogP contribution in [0.1, 0.15) is 31.2 Å². The number of hydrogen-bond donors (Lipinski definition) is 1. The number of hydrogen-bond acceptors (Lipinski definition) is 3. The van der Waals surface area contributed by atoms with Crippen molar-refractivity contribution >= 4 is 17.3 Å². The Balaban J connectivity index is 1.73. The van der Waals surface area contributed by atoms with E-state index in [0.29, 0.717) is 6.42 Å². The van der Waals surface area contributed by atoms with E-state index in [2.05, 4.69) is 17.5 Å². The molecule has 1 aliphatic heterocycles. The van der Waals surface area contributed by atoms with Gasteiger partial charge >= 0.3 is 0 Å². The fourth-order valence-electron chi connectivity index (χ4n) is 2.97. The van der Waals surface area contributed by atoms with E-state index in [4.69, 9.17) is 0 Å². The summed E-state index contributed by atoms with van der Waals surface area (Å²) in [4.78, 5) is 13.4. The minimum Gasteiger partial charge on any atom is -0.383 e. The second-order valence-electron chi connectivity index (χ2n) is 5.90. The number of rotatable bonds is 3. The molecule has 0 aromatic heterocycles. The van der Waals surface area contributed by atoms with Crippen molar-refractivity contribution in [2.45, 2.75) is 32.1 Å². The molecule has 4 heteroatoms. The molecule has 104 valence electrons. The van der Waals surface area contributed by atoms with E-state index >= 15 is 0 Å². The summed E-state index contributed by atoms with van der Waals surface area (Å²) in [6.45, 7) is 0.719. The minimum absolute atomic E-state index is 0.164. The van der Waals surface area contributed by atoms with Crippen LogP contribution in [0.2, 0.25) is 0 Å². The number of nitriles is 1. The SMILES string of the molecule is CN1C(=O)CCc2cc(NCC3(C#N)CCC3)ccc21. The number of nitrogens with zero attached hydrogens (tertiary/aromatic N) is 2. The molecular weight excluding hydrogens is 250 g/mol. The summed E-state index contributed by atoms with van der Waals surface area (Å²) in [6, 6.07) is 8.55. The molecule has 1 fully saturated rings. The Bertz CT molecular complexity index is 584. The van der Waals surface area contributed by atoms with Gasteiger partial charge in [0.05, 0.1) is 11.5 Å². The second-order valence-corrected chi connectivity index (χ2v) is 5.90. The van der Waals surface area contributed by atoms with Crippen molar-refractivity contribution in [3.8, 4) is 6.07 Å². The zero-order chi connectivity index (χ0) is 14.2. The normalized spacial score (nSPS) is 19.8. The molecule has 3 rings (SSSR count). The molecule has 1 aliphatic carbocycles. The first-order valence-corrected chi connectivity index (χ1v) is 7.18. The van der Waals surface area contributed by atoms with E-state index < -0.39 is 0 Å². The Morgan fingerprint density at radius 2 is 2.20 bits per heavy atom. The minimum atomic E-state index is -0.164. The molecule has 20 heavy (non-hydrogen) atoms. The lowest BCUT2D eigenvalue weighted by Gasteiger charge is -2.35. The van der Waals surface area contributed by atoms with Crippen LogP contribution in [0.3, 0.4) is 0 Å². The third kappa shape index (κ3) is 2.14. The van der Waals surface area contributed by atoms with Gasteiger partial charge in [0, 0.05) is 31.4 Å². The maximum Gasteiger partial charge on any atom is 0.227 e. The van der Waals surface area contributed by atoms with Gasteiger partial charge in [0.1, 0.15) is 0 Å². The van der Waals surface area contributed by atoms with E-state index in [1.165, 1.54) is 5.56 Å². The molecule has 1 saturated carbocycles. The molecule has 1 aromatic rings. The van der Waals surface area contributed by atoms with Crippen LogP contribution in [0, 0.1) is 16.7 Å². The lowest BCUT2D eigenvalue weighted by molar-refractivity contribution is -0.118. The van der Waals surface area contributed by atoms with Crippen LogP contribution in [0.4, 0.5) is 11.4 Å². The van der Waals surface area contributed by atoms with Crippen LogP contribution >= 0.6 is 0 Å². The molecule has 0 atom stereocenters. The summed E-state index contributed by atoms with van der Waals surface area (Å²) >= 11 is 0. The number of benzene rings is 1. The molecule has 1 amide bonds. The van der Waals surface area contributed by atoms with E-state index in [1.54, 1.807) is 4.90 Å². The van der Waals surface area contributed by atoms with Gasteiger partial charge in [-0.1, -0.05) is 6.42 Å². The van der Waals surface area contributed by atoms with E-state index in [9.17, 15) is 10.1 Å². The van der Waals surface area contributed by atoms with Gasteiger partial charge in [-0.25, -0.2) is 0 Å². The zero-order valence-electron chi connectivity index (χ0n) is 11.8. The quantitative estimate of drug-likeness (QED) is 0.918. The standard InChI is InChI=1S/C16H19N3O/c1-19-14-5-4-13(9-12(14)3-6-15(19)20)18-11-16(10-17)7-2-8-16/h4-5,9,18H,2-3,6-8,11H2,1H3. The Morgan fingerprint density at radius 1 is 1.40 bits per heavy atom. The molecule has 4 nitrogen and oxygen atoms in total. The van der Waals surface area contributed by atoms with E-state index in [0.717, 1.165) is 43.6 Å². The first kappa shape index (κ1) is 13.0. The number of anilines is 2. The predicted octanol–water partition coefficient (Wildman–Crippen LogP) is 2.70. The van der Waals surface area contributed by atoms with E-state index in [1.807, 2.05) is 19.2 Å². The fraction of sp³-hybridized carbons (Fsp3) is 0.500. The lowest BCUT2D eigenvalue weighted by Crippen LogP contribution is -2.35. The molecule has 1 aromatic carbocycles. The van der Waals surface area contributed by atoms with Crippen LogP contribution in [0.25, 0.3) is 0 Å². The van der Waals surface area contributed by atoms with Crippen molar-refractivity contribution in [3.63, 3.8) is 0 Å². The number of fused-ring (bicyclic) bond motifs is 1. The number of aryl methyl sites for hydroxylation is 1. The molecule has 0 bridgehead atoms. The molecule has 0 spiro atoms. The van der Waals surface area contributed by atoms with Gasteiger partial charge in [-0.05, 0) is 43.0 Å². The Labute approximate surface area is 119 Å². The Kier molecular flexibility index (Phi) is 3.13. The van der Waals surface area contributed by atoms with Gasteiger partial charge in [-0.2, -0.15) is 5.26 Å². The summed E-state index contributed by atoms with van der Waals surface area (Å²) in [5.41, 5.74) is 3.10. The largest absolute Gasteiger partial charge is 0.383 e. The van der Waals surface area contributed by atoms with Crippen molar-refractivity contribution < 1.29 is 4.79 Å². The summed E-state index contributed by atoms with van der Waals surface area (Å²) in [5.74, 6) is 0.177. The summed E-state index contributed by atoms with van der Waals surface area (Å²) < 4.78 is 0. The third-order valence-corrected chi connectivity index (χ3v) is 4.60. The van der Waals surface area contributed by atoms with Gasteiger partial charge in [0.2, 0.25) is 5.91 Å². The highest BCUT2D eigenvalue weighted by Crippen LogP contribution is 2.40. The average molecular weight is 269 g/mol.